The van der Waals surface area contributed by atoms with Crippen molar-refractivity contribution in [3.63, 3.8) is 0 Å². The van der Waals surface area contributed by atoms with Crippen molar-refractivity contribution in [1.29, 1.82) is 0 Å². The molecule has 0 amide bonds. The van der Waals surface area contributed by atoms with Crippen LogP contribution in [0, 0.1) is 0 Å². The summed E-state index contributed by atoms with van der Waals surface area (Å²) in [5.74, 6) is -0.628. The molecule has 0 aliphatic heterocycles. The van der Waals surface area contributed by atoms with Crippen LogP contribution in [0.4, 0.5) is 0 Å². The summed E-state index contributed by atoms with van der Waals surface area (Å²) in [4.78, 5) is 36.5. The number of ketones is 1. The smallest absolute Gasteiger partial charge is 0.303 e. The lowest BCUT2D eigenvalue weighted by Gasteiger charge is -2.14. The number of benzene rings is 1. The van der Waals surface area contributed by atoms with Crippen molar-refractivity contribution in [1.82, 2.24) is 9.13 Å². The van der Waals surface area contributed by atoms with Gasteiger partial charge in [-0.05, 0) is 12.0 Å². The molecular formula is C16H18N2O3. The summed E-state index contributed by atoms with van der Waals surface area (Å²) in [7, 11) is 2.91. The number of Topliss-reactive ketones (excluding diaryl/α,β-unsaturated/α-hetero) is 1. The fourth-order valence-corrected chi connectivity index (χ4v) is 2.42. The Bertz CT molecular complexity index is 772. The van der Waals surface area contributed by atoms with Crippen LogP contribution in [0.3, 0.4) is 0 Å². The van der Waals surface area contributed by atoms with Crippen LogP contribution in [0.1, 0.15) is 35.2 Å². The molecule has 110 valence electrons. The average molecular weight is 286 g/mol. The quantitative estimate of drug-likeness (QED) is 0.799. The van der Waals surface area contributed by atoms with Crippen molar-refractivity contribution >= 4 is 5.78 Å². The first-order chi connectivity index (χ1) is 9.97. The van der Waals surface area contributed by atoms with E-state index in [1.165, 1.54) is 24.9 Å². The van der Waals surface area contributed by atoms with E-state index in [1.807, 2.05) is 37.3 Å². The highest BCUT2D eigenvalue weighted by Crippen LogP contribution is 2.22. The molecule has 1 unspecified atom stereocenters. The number of hydrogen-bond donors (Lipinski definition) is 0. The molecule has 5 nitrogen and oxygen atoms in total. The number of aromatic nitrogens is 2. The number of nitrogens with zero attached hydrogens (tertiary/aromatic N) is 2. The standard InChI is InChI=1S/C16H18N2O3/c1-4-12(11-8-6-5-7-9-11)14(19)13-10-17(2)16(21)18(3)15(13)20/h5-10,12H,4H2,1-3H3. The maximum absolute atomic E-state index is 12.7. The van der Waals surface area contributed by atoms with Gasteiger partial charge < -0.3 is 4.57 Å². The van der Waals surface area contributed by atoms with Crippen molar-refractivity contribution < 1.29 is 4.79 Å². The van der Waals surface area contributed by atoms with Crippen LogP contribution in [-0.4, -0.2) is 14.9 Å². The minimum absolute atomic E-state index is 0.0512. The van der Waals surface area contributed by atoms with E-state index >= 15 is 0 Å². The Kier molecular flexibility index (Phi) is 4.21. The largest absolute Gasteiger partial charge is 0.330 e. The summed E-state index contributed by atoms with van der Waals surface area (Å²) < 4.78 is 2.22. The molecule has 0 bridgehead atoms. The normalized spacial score (nSPS) is 12.1. The Labute approximate surface area is 122 Å². The first-order valence-electron chi connectivity index (χ1n) is 6.83. The number of rotatable bonds is 4. The van der Waals surface area contributed by atoms with E-state index in [4.69, 9.17) is 0 Å². The lowest BCUT2D eigenvalue weighted by atomic mass is 9.89. The molecule has 0 aliphatic rings. The van der Waals surface area contributed by atoms with Crippen molar-refractivity contribution in [3.8, 4) is 0 Å². The molecule has 21 heavy (non-hydrogen) atoms. The average Bonchev–Trinajstić information content (AvgIpc) is 2.50. The van der Waals surface area contributed by atoms with Gasteiger partial charge in [0.2, 0.25) is 0 Å². The summed E-state index contributed by atoms with van der Waals surface area (Å²) in [5.41, 5.74) is -0.0574. The van der Waals surface area contributed by atoms with Crippen molar-refractivity contribution in [3.05, 3.63) is 68.5 Å². The Hall–Kier alpha value is -2.43. The van der Waals surface area contributed by atoms with Crippen molar-refractivity contribution in [2.24, 2.45) is 14.1 Å². The monoisotopic (exact) mass is 286 g/mol. The van der Waals surface area contributed by atoms with Gasteiger partial charge in [0, 0.05) is 26.2 Å². The summed E-state index contributed by atoms with van der Waals surface area (Å²) in [6.07, 6.45) is 1.92. The molecule has 0 aliphatic carbocycles. The predicted molar refractivity (Wildman–Crippen MR) is 80.7 cm³/mol. The molecule has 0 N–H and O–H groups in total. The molecule has 0 fully saturated rings. The fraction of sp³-hybridized carbons (Fsp3) is 0.312. The van der Waals surface area contributed by atoms with E-state index in [1.54, 1.807) is 0 Å². The van der Waals surface area contributed by atoms with Crippen LogP contribution in [0.5, 0.6) is 0 Å². The molecule has 0 saturated carbocycles. The van der Waals surface area contributed by atoms with Crippen LogP contribution in [0.15, 0.2) is 46.1 Å². The SMILES string of the molecule is CCC(C(=O)c1cn(C)c(=O)n(C)c1=O)c1ccccc1. The minimum atomic E-state index is -0.544. The van der Waals surface area contributed by atoms with Crippen LogP contribution < -0.4 is 11.2 Å². The second-order valence-corrected chi connectivity index (χ2v) is 5.04. The van der Waals surface area contributed by atoms with Gasteiger partial charge in [-0.2, -0.15) is 0 Å². The highest BCUT2D eigenvalue weighted by Gasteiger charge is 2.24. The maximum Gasteiger partial charge on any atom is 0.330 e. The predicted octanol–water partition coefficient (Wildman–Crippen LogP) is 1.46. The zero-order valence-electron chi connectivity index (χ0n) is 12.4. The molecule has 0 radical (unpaired) electrons. The highest BCUT2D eigenvalue weighted by atomic mass is 16.2. The van der Waals surface area contributed by atoms with Crippen LogP contribution >= 0.6 is 0 Å². The second-order valence-electron chi connectivity index (χ2n) is 5.04. The van der Waals surface area contributed by atoms with Crippen LogP contribution in [-0.2, 0) is 14.1 Å². The van der Waals surface area contributed by atoms with E-state index in [9.17, 15) is 14.4 Å². The van der Waals surface area contributed by atoms with Gasteiger partial charge in [-0.3, -0.25) is 14.2 Å². The third-order valence-corrected chi connectivity index (χ3v) is 3.64. The summed E-state index contributed by atoms with van der Waals surface area (Å²) in [6.45, 7) is 1.90. The summed E-state index contributed by atoms with van der Waals surface area (Å²) >= 11 is 0. The highest BCUT2D eigenvalue weighted by molar-refractivity contribution is 6.00. The second kappa shape index (κ2) is 5.91. The summed E-state index contributed by atoms with van der Waals surface area (Å²) in [5, 5.41) is 0. The molecule has 0 spiro atoms. The first-order valence-corrected chi connectivity index (χ1v) is 6.83. The number of aryl methyl sites for hydroxylation is 1. The number of carbonyl (C=O) groups is 1. The van der Waals surface area contributed by atoms with Crippen LogP contribution in [0.2, 0.25) is 0 Å². The molecule has 1 aromatic carbocycles. The third kappa shape index (κ3) is 2.72. The van der Waals surface area contributed by atoms with E-state index < -0.39 is 11.2 Å². The molecule has 1 atom stereocenters. The van der Waals surface area contributed by atoms with E-state index in [-0.39, 0.29) is 17.3 Å². The zero-order chi connectivity index (χ0) is 15.6. The molecule has 0 saturated heterocycles. The van der Waals surface area contributed by atoms with Gasteiger partial charge in [0.15, 0.2) is 5.78 Å². The zero-order valence-corrected chi connectivity index (χ0v) is 12.4. The lowest BCUT2D eigenvalue weighted by molar-refractivity contribution is 0.0954. The van der Waals surface area contributed by atoms with Gasteiger partial charge in [0.05, 0.1) is 0 Å². The molecule has 1 aromatic heterocycles. The maximum atomic E-state index is 12.7. The molecule has 5 heteroatoms. The summed E-state index contributed by atoms with van der Waals surface area (Å²) in [6, 6.07) is 9.36. The molecular weight excluding hydrogens is 268 g/mol. The number of hydrogen-bond acceptors (Lipinski definition) is 3. The van der Waals surface area contributed by atoms with Gasteiger partial charge in [0.1, 0.15) is 5.56 Å². The minimum Gasteiger partial charge on any atom is -0.303 e. The van der Waals surface area contributed by atoms with Gasteiger partial charge >= 0.3 is 5.69 Å². The van der Waals surface area contributed by atoms with Crippen molar-refractivity contribution in [2.75, 3.05) is 0 Å². The molecule has 1 heterocycles. The van der Waals surface area contributed by atoms with Gasteiger partial charge in [-0.15, -0.1) is 0 Å². The van der Waals surface area contributed by atoms with Crippen molar-refractivity contribution in [2.45, 2.75) is 19.3 Å². The third-order valence-electron chi connectivity index (χ3n) is 3.64. The fourth-order valence-electron chi connectivity index (χ4n) is 2.42. The first kappa shape index (κ1) is 15.0. The van der Waals surface area contributed by atoms with Gasteiger partial charge in [0.25, 0.3) is 5.56 Å². The Morgan fingerprint density at radius 1 is 1.14 bits per heavy atom. The Balaban J connectivity index is 2.54. The van der Waals surface area contributed by atoms with E-state index in [0.717, 1.165) is 10.1 Å². The van der Waals surface area contributed by atoms with E-state index in [0.29, 0.717) is 6.42 Å². The molecule has 2 rings (SSSR count). The lowest BCUT2D eigenvalue weighted by Crippen LogP contribution is -2.40. The van der Waals surface area contributed by atoms with Gasteiger partial charge in [-0.1, -0.05) is 37.3 Å². The van der Waals surface area contributed by atoms with Crippen LogP contribution in [0.25, 0.3) is 0 Å². The topological polar surface area (TPSA) is 61.1 Å². The molecule has 2 aromatic rings. The van der Waals surface area contributed by atoms with E-state index in [2.05, 4.69) is 0 Å². The number of carbonyl (C=O) groups excluding carboxylic acids is 1. The van der Waals surface area contributed by atoms with Gasteiger partial charge in [-0.25, -0.2) is 4.79 Å². The Morgan fingerprint density at radius 2 is 1.76 bits per heavy atom. The Morgan fingerprint density at radius 3 is 2.33 bits per heavy atom.